The zero-order valence-electron chi connectivity index (χ0n) is 11.8. The lowest BCUT2D eigenvalue weighted by Gasteiger charge is -2.31. The van der Waals surface area contributed by atoms with E-state index in [1.165, 1.54) is 0 Å². The summed E-state index contributed by atoms with van der Waals surface area (Å²) in [4.78, 5) is 18.2. The van der Waals surface area contributed by atoms with Crippen molar-refractivity contribution in [3.05, 3.63) is 36.2 Å². The van der Waals surface area contributed by atoms with Crippen LogP contribution < -0.4 is 0 Å². The molecule has 114 valence electrons. The topological polar surface area (TPSA) is 81.0 Å². The average molecular weight is 301 g/mol. The number of aromatic nitrogens is 2. The Hall–Kier alpha value is -2.25. The Morgan fingerprint density at radius 1 is 1.23 bits per heavy atom. The highest BCUT2D eigenvalue weighted by molar-refractivity contribution is 5.83. The molecule has 0 aliphatic carbocycles. The molecule has 0 bridgehead atoms. The molecular formula is C15H15N3O4. The van der Waals surface area contributed by atoms with Crippen molar-refractivity contribution in [3.63, 3.8) is 0 Å². The van der Waals surface area contributed by atoms with Crippen LogP contribution in [0.3, 0.4) is 0 Å². The number of morpholine rings is 1. The number of ether oxygens (including phenoxy) is 2. The van der Waals surface area contributed by atoms with Gasteiger partial charge in [-0.2, -0.15) is 4.98 Å². The molecule has 7 nitrogen and oxygen atoms in total. The molecule has 2 aromatic rings. The van der Waals surface area contributed by atoms with E-state index in [0.29, 0.717) is 38.0 Å². The Balaban J connectivity index is 1.49. The molecule has 0 N–H and O–H groups in total. The van der Waals surface area contributed by atoms with Crippen LogP contribution in [0.2, 0.25) is 0 Å². The first-order valence-corrected chi connectivity index (χ1v) is 7.22. The predicted molar refractivity (Wildman–Crippen MR) is 74.7 cm³/mol. The van der Waals surface area contributed by atoms with E-state index >= 15 is 0 Å². The molecule has 0 radical (unpaired) electrons. The molecule has 1 aromatic heterocycles. The van der Waals surface area contributed by atoms with Crippen LogP contribution >= 0.6 is 0 Å². The van der Waals surface area contributed by atoms with Crippen LogP contribution in [0.25, 0.3) is 11.5 Å². The second-order valence-electron chi connectivity index (χ2n) is 5.29. The van der Waals surface area contributed by atoms with Crippen molar-refractivity contribution in [1.29, 1.82) is 0 Å². The molecular weight excluding hydrogens is 286 g/mol. The average Bonchev–Trinajstić information content (AvgIpc) is 3.31. The van der Waals surface area contributed by atoms with Crippen LogP contribution in [0.4, 0.5) is 0 Å². The fourth-order valence-corrected chi connectivity index (χ4v) is 2.46. The number of epoxide rings is 1. The molecule has 22 heavy (non-hydrogen) atoms. The molecule has 0 spiro atoms. The summed E-state index contributed by atoms with van der Waals surface area (Å²) in [5, 5.41) is 3.99. The van der Waals surface area contributed by atoms with E-state index in [1.807, 2.05) is 30.3 Å². The first-order chi connectivity index (χ1) is 10.8. The summed E-state index contributed by atoms with van der Waals surface area (Å²) >= 11 is 0. The number of hydrogen-bond acceptors (Lipinski definition) is 6. The lowest BCUT2D eigenvalue weighted by Crippen LogP contribution is -2.44. The second kappa shape index (κ2) is 5.51. The Bertz CT molecular complexity index is 668. The molecule has 2 saturated heterocycles. The summed E-state index contributed by atoms with van der Waals surface area (Å²) in [6, 6.07) is 9.55. The molecule has 3 heterocycles. The minimum absolute atomic E-state index is 0.0140. The van der Waals surface area contributed by atoms with Gasteiger partial charge in [-0.15, -0.1) is 0 Å². The first kappa shape index (κ1) is 13.4. The lowest BCUT2D eigenvalue weighted by atomic mass is 10.2. The van der Waals surface area contributed by atoms with Crippen molar-refractivity contribution in [2.24, 2.45) is 0 Å². The quantitative estimate of drug-likeness (QED) is 0.788. The lowest BCUT2D eigenvalue weighted by molar-refractivity contribution is -0.140. The normalized spacial score (nSPS) is 24.3. The van der Waals surface area contributed by atoms with E-state index in [4.69, 9.17) is 14.0 Å². The van der Waals surface area contributed by atoms with Gasteiger partial charge >= 0.3 is 0 Å². The number of amides is 1. The first-order valence-electron chi connectivity index (χ1n) is 7.22. The number of carbonyl (C=O) groups is 1. The Kier molecular flexibility index (Phi) is 3.36. The molecule has 0 saturated carbocycles. The van der Waals surface area contributed by atoms with Gasteiger partial charge in [-0.05, 0) is 12.1 Å². The summed E-state index contributed by atoms with van der Waals surface area (Å²) in [7, 11) is 0. The number of rotatable bonds is 3. The van der Waals surface area contributed by atoms with Gasteiger partial charge in [0.2, 0.25) is 5.82 Å². The summed E-state index contributed by atoms with van der Waals surface area (Å²) < 4.78 is 16.0. The molecule has 7 heteroatoms. The van der Waals surface area contributed by atoms with Crippen molar-refractivity contribution < 1.29 is 18.8 Å². The van der Waals surface area contributed by atoms with Crippen LogP contribution in [0.5, 0.6) is 0 Å². The van der Waals surface area contributed by atoms with Crippen LogP contribution in [-0.4, -0.2) is 53.4 Å². The number of hydrogen-bond donors (Lipinski definition) is 0. The zero-order valence-corrected chi connectivity index (χ0v) is 11.8. The highest BCUT2D eigenvalue weighted by atomic mass is 16.6. The van der Waals surface area contributed by atoms with Gasteiger partial charge in [0, 0.05) is 12.1 Å². The minimum atomic E-state index is -0.363. The largest absolute Gasteiger partial charge is 0.366 e. The standard InChI is InChI=1S/C15H15N3O4/c19-15(12-9-21-12)18-6-7-20-11(8-18)13-16-14(22-17-13)10-4-2-1-3-5-10/h1-5,11-12H,6-9H2. The van der Waals surface area contributed by atoms with Crippen LogP contribution in [0.1, 0.15) is 11.9 Å². The maximum absolute atomic E-state index is 12.0. The van der Waals surface area contributed by atoms with Gasteiger partial charge in [0.1, 0.15) is 6.10 Å². The third-order valence-corrected chi connectivity index (χ3v) is 3.74. The molecule has 1 amide bonds. The van der Waals surface area contributed by atoms with E-state index < -0.39 is 0 Å². The van der Waals surface area contributed by atoms with E-state index in [9.17, 15) is 4.79 Å². The van der Waals surface area contributed by atoms with Crippen molar-refractivity contribution in [3.8, 4) is 11.5 Å². The minimum Gasteiger partial charge on any atom is -0.366 e. The van der Waals surface area contributed by atoms with E-state index in [2.05, 4.69) is 10.1 Å². The molecule has 1 aromatic carbocycles. The fourth-order valence-electron chi connectivity index (χ4n) is 2.46. The third kappa shape index (κ3) is 2.60. The summed E-state index contributed by atoms with van der Waals surface area (Å²) in [6.07, 6.45) is -0.637. The van der Waals surface area contributed by atoms with Gasteiger partial charge in [0.25, 0.3) is 11.8 Å². The van der Waals surface area contributed by atoms with Crippen LogP contribution in [0, 0.1) is 0 Å². The number of benzene rings is 1. The molecule has 2 aliphatic rings. The maximum Gasteiger partial charge on any atom is 0.258 e. The molecule has 2 fully saturated rings. The molecule has 2 atom stereocenters. The summed E-state index contributed by atoms with van der Waals surface area (Å²) in [6.45, 7) is 1.96. The fraction of sp³-hybridized carbons (Fsp3) is 0.400. The van der Waals surface area contributed by atoms with Gasteiger partial charge in [0.15, 0.2) is 6.10 Å². The second-order valence-corrected chi connectivity index (χ2v) is 5.29. The van der Waals surface area contributed by atoms with E-state index in [0.717, 1.165) is 5.56 Å². The highest BCUT2D eigenvalue weighted by Crippen LogP contribution is 2.25. The summed E-state index contributed by atoms with van der Waals surface area (Å²) in [5.74, 6) is 0.932. The molecule has 2 aliphatic heterocycles. The Morgan fingerprint density at radius 2 is 2.05 bits per heavy atom. The van der Waals surface area contributed by atoms with Gasteiger partial charge in [0.05, 0.1) is 19.8 Å². The Morgan fingerprint density at radius 3 is 2.82 bits per heavy atom. The van der Waals surface area contributed by atoms with Crippen molar-refractivity contribution in [2.45, 2.75) is 12.2 Å². The van der Waals surface area contributed by atoms with E-state index in [-0.39, 0.29) is 18.1 Å². The Labute approximate surface area is 126 Å². The smallest absolute Gasteiger partial charge is 0.258 e. The SMILES string of the molecule is O=C(C1CO1)N1CCOC(c2noc(-c3ccccc3)n2)C1. The van der Waals surface area contributed by atoms with E-state index in [1.54, 1.807) is 4.90 Å². The van der Waals surface area contributed by atoms with Gasteiger partial charge < -0.3 is 18.9 Å². The summed E-state index contributed by atoms with van der Waals surface area (Å²) in [5.41, 5.74) is 0.858. The number of nitrogens with zero attached hydrogens (tertiary/aromatic N) is 3. The highest BCUT2D eigenvalue weighted by Gasteiger charge is 2.38. The zero-order chi connectivity index (χ0) is 14.9. The van der Waals surface area contributed by atoms with Crippen molar-refractivity contribution in [2.75, 3.05) is 26.3 Å². The predicted octanol–water partition coefficient (Wildman–Crippen LogP) is 1.04. The van der Waals surface area contributed by atoms with Crippen molar-refractivity contribution in [1.82, 2.24) is 15.0 Å². The monoisotopic (exact) mass is 301 g/mol. The molecule has 2 unspecified atom stereocenters. The van der Waals surface area contributed by atoms with Crippen LogP contribution in [0.15, 0.2) is 34.9 Å². The van der Waals surface area contributed by atoms with Gasteiger partial charge in [-0.3, -0.25) is 4.79 Å². The maximum atomic E-state index is 12.0. The van der Waals surface area contributed by atoms with Crippen LogP contribution in [-0.2, 0) is 14.3 Å². The van der Waals surface area contributed by atoms with Gasteiger partial charge in [-0.1, -0.05) is 23.4 Å². The number of carbonyl (C=O) groups excluding carboxylic acids is 1. The van der Waals surface area contributed by atoms with Crippen molar-refractivity contribution >= 4 is 5.91 Å². The molecule has 4 rings (SSSR count). The van der Waals surface area contributed by atoms with Gasteiger partial charge in [-0.25, -0.2) is 0 Å². The third-order valence-electron chi connectivity index (χ3n) is 3.74.